The number of aryl methyl sites for hydroxylation is 2. The fraction of sp³-hybridized carbons (Fsp3) is 0.385. The SMILES string of the molecule is CCc1nn(CC)c(COc2cccnc2Br)c1Br. The van der Waals surface area contributed by atoms with Crippen LogP contribution in [0.5, 0.6) is 5.75 Å². The van der Waals surface area contributed by atoms with Gasteiger partial charge in [-0.3, -0.25) is 4.68 Å². The van der Waals surface area contributed by atoms with E-state index in [0.717, 1.165) is 34.6 Å². The zero-order valence-electron chi connectivity index (χ0n) is 10.9. The highest BCUT2D eigenvalue weighted by atomic mass is 79.9. The van der Waals surface area contributed by atoms with Gasteiger partial charge in [-0.2, -0.15) is 5.10 Å². The van der Waals surface area contributed by atoms with Crippen LogP contribution in [0.3, 0.4) is 0 Å². The van der Waals surface area contributed by atoms with Crippen molar-refractivity contribution in [3.8, 4) is 5.75 Å². The molecule has 0 saturated carbocycles. The molecule has 19 heavy (non-hydrogen) atoms. The van der Waals surface area contributed by atoms with E-state index in [0.29, 0.717) is 11.2 Å². The van der Waals surface area contributed by atoms with Crippen molar-refractivity contribution in [3.63, 3.8) is 0 Å². The molecule has 6 heteroatoms. The molecule has 2 aromatic rings. The van der Waals surface area contributed by atoms with Gasteiger partial charge in [0.1, 0.15) is 11.2 Å². The van der Waals surface area contributed by atoms with E-state index in [9.17, 15) is 0 Å². The van der Waals surface area contributed by atoms with E-state index in [2.05, 4.69) is 55.8 Å². The molecule has 0 amide bonds. The van der Waals surface area contributed by atoms with Crippen molar-refractivity contribution in [2.75, 3.05) is 0 Å². The molecule has 0 saturated heterocycles. The van der Waals surface area contributed by atoms with Gasteiger partial charge in [0.25, 0.3) is 0 Å². The summed E-state index contributed by atoms with van der Waals surface area (Å²) in [6, 6.07) is 3.74. The van der Waals surface area contributed by atoms with Crippen molar-refractivity contribution < 1.29 is 4.74 Å². The lowest BCUT2D eigenvalue weighted by Crippen LogP contribution is -2.07. The quantitative estimate of drug-likeness (QED) is 0.727. The van der Waals surface area contributed by atoms with Gasteiger partial charge in [0.15, 0.2) is 5.75 Å². The lowest BCUT2D eigenvalue weighted by Gasteiger charge is -2.09. The van der Waals surface area contributed by atoms with Crippen LogP contribution in [0.15, 0.2) is 27.4 Å². The van der Waals surface area contributed by atoms with Crippen LogP contribution in [0.1, 0.15) is 25.2 Å². The molecule has 2 rings (SSSR count). The first-order valence-corrected chi connectivity index (χ1v) is 7.73. The number of pyridine rings is 1. The zero-order valence-corrected chi connectivity index (χ0v) is 14.0. The smallest absolute Gasteiger partial charge is 0.152 e. The van der Waals surface area contributed by atoms with E-state index in [1.807, 2.05) is 16.8 Å². The van der Waals surface area contributed by atoms with E-state index in [1.165, 1.54) is 0 Å². The Bertz CT molecular complexity index is 569. The molecule has 0 atom stereocenters. The first kappa shape index (κ1) is 14.5. The molecule has 0 spiro atoms. The monoisotopic (exact) mass is 387 g/mol. The van der Waals surface area contributed by atoms with Crippen LogP contribution in [0.25, 0.3) is 0 Å². The number of hydrogen-bond acceptors (Lipinski definition) is 3. The Kier molecular flexibility index (Phi) is 4.99. The minimum absolute atomic E-state index is 0.464. The molecule has 2 aromatic heterocycles. The fourth-order valence-corrected chi connectivity index (χ4v) is 2.82. The minimum Gasteiger partial charge on any atom is -0.484 e. The largest absolute Gasteiger partial charge is 0.484 e. The number of halogens is 2. The standard InChI is InChI=1S/C13H15Br2N3O/c1-3-9-12(14)10(18(4-2)17-9)8-19-11-6-5-7-16-13(11)15/h5-7H,3-4,8H2,1-2H3. The maximum atomic E-state index is 5.80. The lowest BCUT2D eigenvalue weighted by atomic mass is 10.3. The van der Waals surface area contributed by atoms with Gasteiger partial charge in [0, 0.05) is 12.7 Å². The molecule has 0 N–H and O–H groups in total. The number of aromatic nitrogens is 3. The molecular formula is C13H15Br2N3O. The van der Waals surface area contributed by atoms with Gasteiger partial charge in [-0.05, 0) is 57.3 Å². The summed E-state index contributed by atoms with van der Waals surface area (Å²) < 4.78 is 9.52. The van der Waals surface area contributed by atoms with Gasteiger partial charge < -0.3 is 4.74 Å². The van der Waals surface area contributed by atoms with Gasteiger partial charge in [-0.1, -0.05) is 6.92 Å². The van der Waals surface area contributed by atoms with E-state index < -0.39 is 0 Å². The van der Waals surface area contributed by atoms with Crippen LogP contribution in [0.2, 0.25) is 0 Å². The second-order valence-corrected chi connectivity index (χ2v) is 5.50. The molecule has 2 heterocycles. The van der Waals surface area contributed by atoms with E-state index >= 15 is 0 Å². The average molecular weight is 389 g/mol. The normalized spacial score (nSPS) is 10.7. The van der Waals surface area contributed by atoms with Crippen LogP contribution < -0.4 is 4.74 Å². The highest BCUT2D eigenvalue weighted by molar-refractivity contribution is 9.10. The summed E-state index contributed by atoms with van der Waals surface area (Å²) in [6.45, 7) is 5.45. The summed E-state index contributed by atoms with van der Waals surface area (Å²) in [6.07, 6.45) is 2.62. The van der Waals surface area contributed by atoms with E-state index in [-0.39, 0.29) is 0 Å². The van der Waals surface area contributed by atoms with Gasteiger partial charge in [-0.25, -0.2) is 4.98 Å². The van der Waals surface area contributed by atoms with Gasteiger partial charge in [0.05, 0.1) is 15.9 Å². The lowest BCUT2D eigenvalue weighted by molar-refractivity contribution is 0.288. The zero-order chi connectivity index (χ0) is 13.8. The van der Waals surface area contributed by atoms with Crippen molar-refractivity contribution in [3.05, 3.63) is 38.8 Å². The average Bonchev–Trinajstić information content (AvgIpc) is 2.74. The van der Waals surface area contributed by atoms with Crippen LogP contribution in [0.4, 0.5) is 0 Å². The third-order valence-corrected chi connectivity index (χ3v) is 4.29. The van der Waals surface area contributed by atoms with E-state index in [4.69, 9.17) is 4.74 Å². The fourth-order valence-electron chi connectivity index (χ4n) is 1.78. The summed E-state index contributed by atoms with van der Waals surface area (Å²) in [7, 11) is 0. The third-order valence-electron chi connectivity index (χ3n) is 2.78. The second kappa shape index (κ2) is 6.52. The molecule has 0 bridgehead atoms. The molecule has 0 aromatic carbocycles. The third kappa shape index (κ3) is 3.17. The van der Waals surface area contributed by atoms with Gasteiger partial charge >= 0.3 is 0 Å². The number of nitrogens with zero attached hydrogens (tertiary/aromatic N) is 3. The van der Waals surface area contributed by atoms with Crippen molar-refractivity contribution in [2.24, 2.45) is 0 Å². The summed E-state index contributed by atoms with van der Waals surface area (Å²) in [5, 5.41) is 4.54. The Labute approximate surface area is 129 Å². The molecule has 0 aliphatic rings. The summed E-state index contributed by atoms with van der Waals surface area (Å²) in [5.74, 6) is 0.733. The van der Waals surface area contributed by atoms with Gasteiger partial charge in [-0.15, -0.1) is 0 Å². The molecule has 102 valence electrons. The van der Waals surface area contributed by atoms with Crippen LogP contribution in [-0.2, 0) is 19.6 Å². The topological polar surface area (TPSA) is 39.9 Å². The van der Waals surface area contributed by atoms with Gasteiger partial charge in [0.2, 0.25) is 0 Å². The maximum Gasteiger partial charge on any atom is 0.152 e. The van der Waals surface area contributed by atoms with Crippen LogP contribution in [0, 0.1) is 0 Å². The Morgan fingerprint density at radius 2 is 2.11 bits per heavy atom. The molecule has 0 aliphatic carbocycles. The second-order valence-electron chi connectivity index (χ2n) is 3.96. The Morgan fingerprint density at radius 1 is 1.32 bits per heavy atom. The first-order valence-electron chi connectivity index (χ1n) is 6.14. The van der Waals surface area contributed by atoms with Crippen molar-refractivity contribution in [1.29, 1.82) is 0 Å². The summed E-state index contributed by atoms with van der Waals surface area (Å²) in [5.41, 5.74) is 2.11. The predicted octanol–water partition coefficient (Wildman–Crippen LogP) is 3.96. The highest BCUT2D eigenvalue weighted by Crippen LogP contribution is 2.26. The summed E-state index contributed by atoms with van der Waals surface area (Å²) >= 11 is 6.98. The summed E-state index contributed by atoms with van der Waals surface area (Å²) in [4.78, 5) is 4.14. The van der Waals surface area contributed by atoms with Crippen molar-refractivity contribution in [1.82, 2.24) is 14.8 Å². The van der Waals surface area contributed by atoms with Crippen LogP contribution in [-0.4, -0.2) is 14.8 Å². The first-order chi connectivity index (χ1) is 9.17. The predicted molar refractivity (Wildman–Crippen MR) is 81.2 cm³/mol. The number of rotatable bonds is 5. The van der Waals surface area contributed by atoms with Crippen molar-refractivity contribution in [2.45, 2.75) is 33.4 Å². The van der Waals surface area contributed by atoms with E-state index in [1.54, 1.807) is 6.20 Å². The molecule has 0 radical (unpaired) electrons. The van der Waals surface area contributed by atoms with Crippen LogP contribution >= 0.6 is 31.9 Å². The van der Waals surface area contributed by atoms with Crippen molar-refractivity contribution >= 4 is 31.9 Å². The highest BCUT2D eigenvalue weighted by Gasteiger charge is 2.14. The number of ether oxygens (including phenoxy) is 1. The number of hydrogen-bond donors (Lipinski definition) is 0. The molecule has 0 unspecified atom stereocenters. The molecule has 0 aliphatic heterocycles. The molecular weight excluding hydrogens is 374 g/mol. The Morgan fingerprint density at radius 3 is 2.74 bits per heavy atom. The Balaban J connectivity index is 2.20. The molecule has 4 nitrogen and oxygen atoms in total. The molecule has 0 fully saturated rings. The Hall–Kier alpha value is -0.880. The maximum absolute atomic E-state index is 5.80. The minimum atomic E-state index is 0.464.